The van der Waals surface area contributed by atoms with Crippen molar-refractivity contribution in [3.8, 4) is 0 Å². The van der Waals surface area contributed by atoms with Crippen molar-refractivity contribution in [2.24, 2.45) is 0 Å². The first-order valence-electron chi connectivity index (χ1n) is 8.34. The van der Waals surface area contributed by atoms with E-state index in [1.54, 1.807) is 0 Å². The Morgan fingerprint density at radius 3 is 2.46 bits per heavy atom. The molecule has 2 aromatic carbocycles. The lowest BCUT2D eigenvalue weighted by atomic mass is 9.83. The maximum Gasteiger partial charge on any atom is 0.232 e. The number of benzene rings is 2. The first-order valence-corrected chi connectivity index (χ1v) is 8.71. The molecule has 0 aromatic heterocycles. The fourth-order valence-corrected chi connectivity index (χ4v) is 3.34. The molecular weight excluding hydrogens is 320 g/mol. The van der Waals surface area contributed by atoms with Crippen molar-refractivity contribution in [1.82, 2.24) is 4.90 Å². The van der Waals surface area contributed by atoms with Gasteiger partial charge in [0.05, 0.1) is 5.41 Å². The lowest BCUT2D eigenvalue weighted by molar-refractivity contribution is -0.135. The van der Waals surface area contributed by atoms with Crippen molar-refractivity contribution >= 4 is 23.2 Å². The van der Waals surface area contributed by atoms with Gasteiger partial charge in [-0.1, -0.05) is 41.9 Å². The standard InChI is InChI=1S/C20H23ClN2O/c1-20(2,15-8-10-16(21)11-9-15)19(24)23-13-12-18(14-23)22-17-6-4-3-5-7-17/h3-11,18,22H,12-14H2,1-2H3. The molecule has 4 heteroatoms. The molecule has 1 heterocycles. The number of halogens is 1. The Morgan fingerprint density at radius 2 is 1.79 bits per heavy atom. The van der Waals surface area contributed by atoms with Crippen molar-refractivity contribution < 1.29 is 4.79 Å². The lowest BCUT2D eigenvalue weighted by Crippen LogP contribution is -2.43. The highest BCUT2D eigenvalue weighted by atomic mass is 35.5. The number of carbonyl (C=O) groups is 1. The van der Waals surface area contributed by atoms with Gasteiger partial charge in [0.1, 0.15) is 0 Å². The molecule has 1 unspecified atom stereocenters. The summed E-state index contributed by atoms with van der Waals surface area (Å²) in [6.07, 6.45) is 0.970. The average molecular weight is 343 g/mol. The number of carbonyl (C=O) groups excluding carboxylic acids is 1. The van der Waals surface area contributed by atoms with Crippen LogP contribution in [-0.2, 0) is 10.2 Å². The minimum atomic E-state index is -0.549. The molecule has 3 rings (SSSR count). The van der Waals surface area contributed by atoms with Crippen LogP contribution in [0.2, 0.25) is 5.02 Å². The molecule has 0 saturated carbocycles. The van der Waals surface area contributed by atoms with Crippen molar-refractivity contribution in [3.05, 3.63) is 65.2 Å². The Bertz CT molecular complexity index is 697. The number of anilines is 1. The predicted molar refractivity (Wildman–Crippen MR) is 99.5 cm³/mol. The SMILES string of the molecule is CC(C)(C(=O)N1CCC(Nc2ccccc2)C1)c1ccc(Cl)cc1. The molecule has 24 heavy (non-hydrogen) atoms. The summed E-state index contributed by atoms with van der Waals surface area (Å²) in [5.41, 5.74) is 1.55. The van der Waals surface area contributed by atoms with E-state index in [-0.39, 0.29) is 5.91 Å². The number of hydrogen-bond acceptors (Lipinski definition) is 2. The van der Waals surface area contributed by atoms with Crippen LogP contribution < -0.4 is 5.32 Å². The Morgan fingerprint density at radius 1 is 1.12 bits per heavy atom. The molecule has 3 nitrogen and oxygen atoms in total. The third-order valence-electron chi connectivity index (χ3n) is 4.72. The summed E-state index contributed by atoms with van der Waals surface area (Å²) in [4.78, 5) is 15.0. The van der Waals surface area contributed by atoms with Gasteiger partial charge in [0.2, 0.25) is 5.91 Å². The van der Waals surface area contributed by atoms with Gasteiger partial charge in [-0.15, -0.1) is 0 Å². The molecule has 0 aliphatic carbocycles. The molecule has 1 atom stereocenters. The molecule has 1 fully saturated rings. The molecule has 126 valence electrons. The lowest BCUT2D eigenvalue weighted by Gasteiger charge is -2.30. The maximum absolute atomic E-state index is 13.0. The fourth-order valence-electron chi connectivity index (χ4n) is 3.22. The third kappa shape index (κ3) is 3.57. The Hall–Kier alpha value is -2.00. The highest BCUT2D eigenvalue weighted by Crippen LogP contribution is 2.29. The van der Waals surface area contributed by atoms with Crippen LogP contribution in [0.3, 0.4) is 0 Å². The number of likely N-dealkylation sites (tertiary alicyclic amines) is 1. The first kappa shape index (κ1) is 16.8. The van der Waals surface area contributed by atoms with Crippen LogP contribution in [0.25, 0.3) is 0 Å². The van der Waals surface area contributed by atoms with Crippen LogP contribution in [0.4, 0.5) is 5.69 Å². The van der Waals surface area contributed by atoms with Crippen LogP contribution in [0, 0.1) is 0 Å². The van der Waals surface area contributed by atoms with Crippen LogP contribution in [-0.4, -0.2) is 29.9 Å². The average Bonchev–Trinajstić information content (AvgIpc) is 3.04. The second-order valence-electron chi connectivity index (χ2n) is 6.88. The van der Waals surface area contributed by atoms with E-state index in [9.17, 15) is 4.79 Å². The largest absolute Gasteiger partial charge is 0.380 e. The van der Waals surface area contributed by atoms with Gasteiger partial charge in [0.15, 0.2) is 0 Å². The number of para-hydroxylation sites is 1. The number of hydrogen-bond donors (Lipinski definition) is 1. The van der Waals surface area contributed by atoms with Crippen molar-refractivity contribution in [2.75, 3.05) is 18.4 Å². The normalized spacial score (nSPS) is 17.8. The summed E-state index contributed by atoms with van der Waals surface area (Å²) in [5.74, 6) is 0.169. The molecule has 1 aliphatic rings. The van der Waals surface area contributed by atoms with Crippen molar-refractivity contribution in [2.45, 2.75) is 31.7 Å². The second kappa shape index (κ2) is 6.86. The Balaban J connectivity index is 1.66. The maximum atomic E-state index is 13.0. The smallest absolute Gasteiger partial charge is 0.232 e. The van der Waals surface area contributed by atoms with E-state index in [4.69, 9.17) is 11.6 Å². The summed E-state index contributed by atoms with van der Waals surface area (Å²) in [6.45, 7) is 5.50. The van der Waals surface area contributed by atoms with Gasteiger partial charge in [-0.3, -0.25) is 4.79 Å². The number of nitrogens with one attached hydrogen (secondary N) is 1. The van der Waals surface area contributed by atoms with E-state index in [1.807, 2.05) is 61.2 Å². The van der Waals surface area contributed by atoms with Gasteiger partial charge in [0.25, 0.3) is 0 Å². The molecule has 1 N–H and O–H groups in total. The topological polar surface area (TPSA) is 32.3 Å². The van der Waals surface area contributed by atoms with E-state index in [2.05, 4.69) is 17.4 Å². The molecule has 1 amide bonds. The van der Waals surface area contributed by atoms with E-state index >= 15 is 0 Å². The second-order valence-corrected chi connectivity index (χ2v) is 7.32. The molecule has 1 aliphatic heterocycles. The highest BCUT2D eigenvalue weighted by Gasteiger charge is 2.37. The van der Waals surface area contributed by atoms with Crippen LogP contribution in [0.1, 0.15) is 25.8 Å². The molecule has 0 spiro atoms. The minimum absolute atomic E-state index is 0.169. The van der Waals surface area contributed by atoms with E-state index in [0.29, 0.717) is 11.1 Å². The summed E-state index contributed by atoms with van der Waals surface area (Å²) < 4.78 is 0. The molecule has 1 saturated heterocycles. The molecule has 2 aromatic rings. The third-order valence-corrected chi connectivity index (χ3v) is 4.97. The summed E-state index contributed by atoms with van der Waals surface area (Å²) >= 11 is 5.96. The first-order chi connectivity index (χ1) is 11.5. The van der Waals surface area contributed by atoms with Crippen LogP contribution >= 0.6 is 11.6 Å². The van der Waals surface area contributed by atoms with Gasteiger partial charge in [-0.05, 0) is 50.1 Å². The molecule has 0 bridgehead atoms. The zero-order valence-electron chi connectivity index (χ0n) is 14.1. The van der Waals surface area contributed by atoms with Crippen LogP contribution in [0.5, 0.6) is 0 Å². The zero-order valence-corrected chi connectivity index (χ0v) is 14.9. The van der Waals surface area contributed by atoms with Gasteiger partial charge < -0.3 is 10.2 Å². The van der Waals surface area contributed by atoms with Crippen LogP contribution in [0.15, 0.2) is 54.6 Å². The minimum Gasteiger partial charge on any atom is -0.380 e. The molecule has 0 radical (unpaired) electrons. The monoisotopic (exact) mass is 342 g/mol. The van der Waals surface area contributed by atoms with Gasteiger partial charge in [0, 0.05) is 29.8 Å². The van der Waals surface area contributed by atoms with Gasteiger partial charge in [-0.2, -0.15) is 0 Å². The highest BCUT2D eigenvalue weighted by molar-refractivity contribution is 6.30. The number of rotatable bonds is 4. The molecular formula is C20H23ClN2O. The summed E-state index contributed by atoms with van der Waals surface area (Å²) in [6, 6.07) is 18.0. The Kier molecular flexibility index (Phi) is 4.81. The van der Waals surface area contributed by atoms with E-state index in [0.717, 1.165) is 30.8 Å². The van der Waals surface area contributed by atoms with E-state index < -0.39 is 5.41 Å². The summed E-state index contributed by atoms with van der Waals surface area (Å²) in [5, 5.41) is 4.20. The van der Waals surface area contributed by atoms with Gasteiger partial charge >= 0.3 is 0 Å². The van der Waals surface area contributed by atoms with Crippen molar-refractivity contribution in [1.29, 1.82) is 0 Å². The summed E-state index contributed by atoms with van der Waals surface area (Å²) in [7, 11) is 0. The van der Waals surface area contributed by atoms with Crippen molar-refractivity contribution in [3.63, 3.8) is 0 Å². The quantitative estimate of drug-likeness (QED) is 0.896. The Labute approximate surface area is 148 Å². The number of amides is 1. The van der Waals surface area contributed by atoms with Gasteiger partial charge in [-0.25, -0.2) is 0 Å². The number of nitrogens with zero attached hydrogens (tertiary/aromatic N) is 1. The van der Waals surface area contributed by atoms with E-state index in [1.165, 1.54) is 0 Å². The predicted octanol–water partition coefficient (Wildman–Crippen LogP) is 4.33. The fraction of sp³-hybridized carbons (Fsp3) is 0.350. The zero-order chi connectivity index (χ0) is 17.2.